The summed E-state index contributed by atoms with van der Waals surface area (Å²) in [5.74, 6) is 0. The zero-order valence-electron chi connectivity index (χ0n) is 8.85. The highest BCUT2D eigenvalue weighted by Crippen LogP contribution is 2.23. The molecule has 0 N–H and O–H groups in total. The lowest BCUT2D eigenvalue weighted by molar-refractivity contribution is 0.606. The second-order valence-electron chi connectivity index (χ2n) is 3.57. The van der Waals surface area contributed by atoms with Crippen molar-refractivity contribution in [3.63, 3.8) is 0 Å². The summed E-state index contributed by atoms with van der Waals surface area (Å²) < 4.78 is 23.7. The third kappa shape index (κ3) is 3.17. The molecule has 0 amide bonds. The van der Waals surface area contributed by atoms with E-state index >= 15 is 0 Å². The van der Waals surface area contributed by atoms with Crippen molar-refractivity contribution in [2.24, 2.45) is 0 Å². The molecule has 0 aliphatic carbocycles. The number of hydrogen-bond donors (Lipinski definition) is 0. The monoisotopic (exact) mass is 324 g/mol. The first kappa shape index (κ1) is 13.7. The Morgan fingerprint density at radius 2 is 1.94 bits per heavy atom. The molecule has 0 unspecified atom stereocenters. The highest BCUT2D eigenvalue weighted by Gasteiger charge is 2.13. The van der Waals surface area contributed by atoms with Crippen molar-refractivity contribution in [3.05, 3.63) is 46.3 Å². The Labute approximate surface area is 119 Å². The van der Waals surface area contributed by atoms with Crippen molar-refractivity contribution >= 4 is 42.9 Å². The zero-order valence-corrected chi connectivity index (χ0v) is 11.9. The zero-order chi connectivity index (χ0) is 13.3. The van der Waals surface area contributed by atoms with E-state index in [1.54, 1.807) is 22.8 Å². The lowest BCUT2D eigenvalue weighted by Gasteiger charge is -2.03. The van der Waals surface area contributed by atoms with E-state index in [0.29, 0.717) is 16.6 Å². The van der Waals surface area contributed by atoms with E-state index in [1.807, 2.05) is 0 Å². The quantitative estimate of drug-likeness (QED) is 0.815. The van der Waals surface area contributed by atoms with Crippen molar-refractivity contribution in [1.82, 2.24) is 9.55 Å². The van der Waals surface area contributed by atoms with Crippen molar-refractivity contribution in [1.29, 1.82) is 0 Å². The summed E-state index contributed by atoms with van der Waals surface area (Å²) in [7, 11) is 1.38. The molecule has 0 aliphatic heterocycles. The number of aromatic nitrogens is 2. The van der Waals surface area contributed by atoms with Gasteiger partial charge in [-0.3, -0.25) is 0 Å². The van der Waals surface area contributed by atoms with Crippen molar-refractivity contribution < 1.29 is 8.42 Å². The van der Waals surface area contributed by atoms with E-state index in [2.05, 4.69) is 4.98 Å². The second kappa shape index (κ2) is 5.09. The lowest BCUT2D eigenvalue weighted by atomic mass is 10.2. The highest BCUT2D eigenvalue weighted by atomic mass is 35.7. The number of hydrogen-bond acceptors (Lipinski definition) is 3. The molecule has 0 spiro atoms. The molecule has 0 fully saturated rings. The van der Waals surface area contributed by atoms with Gasteiger partial charge in [-0.1, -0.05) is 29.3 Å². The van der Waals surface area contributed by atoms with Crippen LogP contribution in [0.4, 0.5) is 0 Å². The molecule has 1 aromatic heterocycles. The largest absolute Gasteiger partial charge is 0.332 e. The van der Waals surface area contributed by atoms with Crippen molar-refractivity contribution in [2.75, 3.05) is 0 Å². The SMILES string of the molecule is O=S(=O)(Cl)c1cn(Cc2ccc(Cl)c(Cl)c2)cn1. The van der Waals surface area contributed by atoms with E-state index in [1.165, 1.54) is 12.5 Å². The third-order valence-corrected chi connectivity index (χ3v) is 4.13. The average Bonchev–Trinajstić information content (AvgIpc) is 2.72. The molecule has 2 rings (SSSR count). The summed E-state index contributed by atoms with van der Waals surface area (Å²) in [6, 6.07) is 5.18. The van der Waals surface area contributed by atoms with Gasteiger partial charge in [0, 0.05) is 23.4 Å². The van der Waals surface area contributed by atoms with Gasteiger partial charge in [-0.2, -0.15) is 0 Å². The predicted molar refractivity (Wildman–Crippen MR) is 70.8 cm³/mol. The summed E-state index contributed by atoms with van der Waals surface area (Å²) in [6.07, 6.45) is 2.74. The molecule has 4 nitrogen and oxygen atoms in total. The Morgan fingerprint density at radius 1 is 1.22 bits per heavy atom. The van der Waals surface area contributed by atoms with Crippen LogP contribution in [0, 0.1) is 0 Å². The van der Waals surface area contributed by atoms with E-state index in [9.17, 15) is 8.42 Å². The molecule has 0 aliphatic rings. The number of benzene rings is 1. The fraction of sp³-hybridized carbons (Fsp3) is 0.100. The van der Waals surface area contributed by atoms with Gasteiger partial charge in [-0.05, 0) is 17.7 Å². The van der Waals surface area contributed by atoms with Crippen LogP contribution >= 0.6 is 33.9 Å². The molecule has 0 saturated heterocycles. The molecule has 0 atom stereocenters. The molecule has 1 aromatic carbocycles. The van der Waals surface area contributed by atoms with Crippen LogP contribution in [-0.4, -0.2) is 18.0 Å². The molecule has 2 aromatic rings. The number of imidazole rings is 1. The minimum absolute atomic E-state index is 0.177. The van der Waals surface area contributed by atoms with E-state index < -0.39 is 9.05 Å². The molecule has 18 heavy (non-hydrogen) atoms. The molecule has 96 valence electrons. The topological polar surface area (TPSA) is 52.0 Å². The molecule has 8 heteroatoms. The number of nitrogens with zero attached hydrogens (tertiary/aromatic N) is 2. The molecule has 1 heterocycles. The van der Waals surface area contributed by atoms with Crippen LogP contribution in [0.2, 0.25) is 10.0 Å². The van der Waals surface area contributed by atoms with Gasteiger partial charge >= 0.3 is 0 Å². The minimum Gasteiger partial charge on any atom is -0.332 e. The molecule has 0 bridgehead atoms. The Bertz CT molecular complexity index is 682. The predicted octanol–water partition coefficient (Wildman–Crippen LogP) is 3.17. The summed E-state index contributed by atoms with van der Waals surface area (Å²) >= 11 is 11.7. The standard InChI is InChI=1S/C10H7Cl3N2O2S/c11-8-2-1-7(3-9(8)12)4-15-5-10(14-6-15)18(13,16)17/h1-3,5-6H,4H2. The van der Waals surface area contributed by atoms with Crippen LogP contribution in [-0.2, 0) is 15.6 Å². The maximum atomic E-state index is 11.0. The van der Waals surface area contributed by atoms with Gasteiger partial charge < -0.3 is 4.57 Å². The summed E-state index contributed by atoms with van der Waals surface area (Å²) in [6.45, 7) is 0.427. The van der Waals surface area contributed by atoms with E-state index in [4.69, 9.17) is 33.9 Å². The van der Waals surface area contributed by atoms with Crippen LogP contribution in [0.25, 0.3) is 0 Å². The fourth-order valence-electron chi connectivity index (χ4n) is 1.40. The van der Waals surface area contributed by atoms with Crippen molar-refractivity contribution in [3.8, 4) is 0 Å². The summed E-state index contributed by atoms with van der Waals surface area (Å²) in [5.41, 5.74) is 0.875. The second-order valence-corrected chi connectivity index (χ2v) is 6.90. The molecule has 0 radical (unpaired) electrons. The van der Waals surface area contributed by atoms with Gasteiger partial charge in [0.1, 0.15) is 0 Å². The van der Waals surface area contributed by atoms with Gasteiger partial charge in [0.15, 0.2) is 5.03 Å². The fourth-order valence-corrected chi connectivity index (χ4v) is 2.39. The van der Waals surface area contributed by atoms with Crippen LogP contribution in [0.15, 0.2) is 35.7 Å². The van der Waals surface area contributed by atoms with Crippen LogP contribution in [0.3, 0.4) is 0 Å². The Kier molecular flexibility index (Phi) is 3.87. The summed E-state index contributed by atoms with van der Waals surface area (Å²) in [5, 5.41) is 0.735. The first-order valence-electron chi connectivity index (χ1n) is 4.76. The Hall–Kier alpha value is -0.750. The van der Waals surface area contributed by atoms with E-state index in [-0.39, 0.29) is 5.03 Å². The van der Waals surface area contributed by atoms with Crippen LogP contribution < -0.4 is 0 Å². The maximum Gasteiger partial charge on any atom is 0.280 e. The molecular weight excluding hydrogens is 319 g/mol. The number of halogens is 3. The van der Waals surface area contributed by atoms with Gasteiger partial charge in [-0.25, -0.2) is 13.4 Å². The van der Waals surface area contributed by atoms with Crippen molar-refractivity contribution in [2.45, 2.75) is 11.6 Å². The van der Waals surface area contributed by atoms with Crippen LogP contribution in [0.5, 0.6) is 0 Å². The third-order valence-electron chi connectivity index (χ3n) is 2.21. The number of rotatable bonds is 3. The first-order valence-corrected chi connectivity index (χ1v) is 7.83. The van der Waals surface area contributed by atoms with Gasteiger partial charge in [-0.15, -0.1) is 0 Å². The average molecular weight is 326 g/mol. The minimum atomic E-state index is -3.80. The molecular formula is C10H7Cl3N2O2S. The smallest absolute Gasteiger partial charge is 0.280 e. The van der Waals surface area contributed by atoms with Gasteiger partial charge in [0.2, 0.25) is 0 Å². The first-order chi connectivity index (χ1) is 8.36. The summed E-state index contributed by atoms with van der Waals surface area (Å²) in [4.78, 5) is 3.71. The maximum absolute atomic E-state index is 11.0. The van der Waals surface area contributed by atoms with Crippen LogP contribution in [0.1, 0.15) is 5.56 Å². The molecule has 0 saturated carbocycles. The Morgan fingerprint density at radius 3 is 2.50 bits per heavy atom. The normalized spacial score (nSPS) is 11.7. The lowest BCUT2D eigenvalue weighted by Crippen LogP contribution is -1.96. The highest BCUT2D eigenvalue weighted by molar-refractivity contribution is 8.13. The van der Waals surface area contributed by atoms with Gasteiger partial charge in [0.25, 0.3) is 9.05 Å². The Balaban J connectivity index is 2.24. The van der Waals surface area contributed by atoms with Gasteiger partial charge in [0.05, 0.1) is 16.4 Å². The van der Waals surface area contributed by atoms with E-state index in [0.717, 1.165) is 5.56 Å².